The van der Waals surface area contributed by atoms with Crippen LogP contribution in [0.25, 0.3) is 0 Å². The Kier molecular flexibility index (Phi) is 5.92. The Bertz CT molecular complexity index is 140. The zero-order valence-corrected chi connectivity index (χ0v) is 8.80. The second-order valence-corrected chi connectivity index (χ2v) is 3.96. The molecule has 0 spiro atoms. The molecule has 1 nitrogen and oxygen atoms in total. The van der Waals surface area contributed by atoms with E-state index in [9.17, 15) is 0 Å². The first-order valence-corrected chi connectivity index (χ1v) is 5.59. The van der Waals surface area contributed by atoms with Crippen molar-refractivity contribution in [1.82, 2.24) is 0 Å². The second-order valence-electron chi connectivity index (χ2n) is 3.96. The minimum Gasteiger partial charge on any atom is -0.385 e. The molecule has 76 valence electrons. The van der Waals surface area contributed by atoms with E-state index in [0.29, 0.717) is 0 Å². The summed E-state index contributed by atoms with van der Waals surface area (Å²) >= 11 is 0. The first-order valence-electron chi connectivity index (χ1n) is 5.59. The lowest BCUT2D eigenvalue weighted by atomic mass is 9.93. The summed E-state index contributed by atoms with van der Waals surface area (Å²) in [4.78, 5) is 0. The molecule has 1 heteroatoms. The van der Waals surface area contributed by atoms with Gasteiger partial charge in [0.15, 0.2) is 0 Å². The SMILES string of the molecule is COCCCC1/C=C\CCCCC1. The summed E-state index contributed by atoms with van der Waals surface area (Å²) in [7, 11) is 1.79. The van der Waals surface area contributed by atoms with Crippen LogP contribution in [0.1, 0.15) is 44.9 Å². The number of ether oxygens (including phenoxy) is 1. The van der Waals surface area contributed by atoms with E-state index >= 15 is 0 Å². The van der Waals surface area contributed by atoms with E-state index in [0.717, 1.165) is 12.5 Å². The highest BCUT2D eigenvalue weighted by atomic mass is 16.5. The Morgan fingerprint density at radius 2 is 2.23 bits per heavy atom. The van der Waals surface area contributed by atoms with Crippen molar-refractivity contribution in [2.45, 2.75) is 44.9 Å². The molecule has 0 aliphatic heterocycles. The maximum absolute atomic E-state index is 5.06. The lowest BCUT2D eigenvalue weighted by Gasteiger charge is -2.14. The number of hydrogen-bond donors (Lipinski definition) is 0. The largest absolute Gasteiger partial charge is 0.385 e. The molecular formula is C12H22O. The highest BCUT2D eigenvalue weighted by Gasteiger charge is 2.05. The molecule has 0 bridgehead atoms. The summed E-state index contributed by atoms with van der Waals surface area (Å²) in [6.07, 6.45) is 14.2. The number of allylic oxidation sites excluding steroid dienone is 2. The van der Waals surface area contributed by atoms with Crippen LogP contribution in [0.15, 0.2) is 12.2 Å². The fourth-order valence-electron chi connectivity index (χ4n) is 1.96. The zero-order chi connectivity index (χ0) is 9.36. The molecule has 0 amide bonds. The fourth-order valence-corrected chi connectivity index (χ4v) is 1.96. The lowest BCUT2D eigenvalue weighted by Crippen LogP contribution is -2.01. The minimum atomic E-state index is 0.829. The van der Waals surface area contributed by atoms with Crippen molar-refractivity contribution in [2.24, 2.45) is 5.92 Å². The van der Waals surface area contributed by atoms with Crippen LogP contribution in [0.4, 0.5) is 0 Å². The smallest absolute Gasteiger partial charge is 0.0462 e. The van der Waals surface area contributed by atoms with Crippen molar-refractivity contribution in [3.63, 3.8) is 0 Å². The van der Waals surface area contributed by atoms with Crippen LogP contribution < -0.4 is 0 Å². The second kappa shape index (κ2) is 7.14. The van der Waals surface area contributed by atoms with Gasteiger partial charge in [-0.25, -0.2) is 0 Å². The van der Waals surface area contributed by atoms with Crippen molar-refractivity contribution in [3.05, 3.63) is 12.2 Å². The van der Waals surface area contributed by atoms with Gasteiger partial charge in [0.1, 0.15) is 0 Å². The monoisotopic (exact) mass is 182 g/mol. The average Bonchev–Trinajstić information content (AvgIpc) is 2.08. The Balaban J connectivity index is 2.17. The third-order valence-corrected chi connectivity index (χ3v) is 2.78. The minimum absolute atomic E-state index is 0.829. The molecule has 0 radical (unpaired) electrons. The van der Waals surface area contributed by atoms with Crippen LogP contribution in [-0.4, -0.2) is 13.7 Å². The summed E-state index contributed by atoms with van der Waals surface area (Å²) in [5.74, 6) is 0.829. The maximum Gasteiger partial charge on any atom is 0.0462 e. The van der Waals surface area contributed by atoms with Crippen LogP contribution in [-0.2, 0) is 4.74 Å². The molecule has 0 aromatic rings. The van der Waals surface area contributed by atoms with Crippen molar-refractivity contribution < 1.29 is 4.74 Å². The van der Waals surface area contributed by atoms with Crippen molar-refractivity contribution >= 4 is 0 Å². The van der Waals surface area contributed by atoms with Gasteiger partial charge in [0, 0.05) is 13.7 Å². The molecule has 1 unspecified atom stereocenters. The van der Waals surface area contributed by atoms with Gasteiger partial charge in [-0.1, -0.05) is 25.0 Å². The molecule has 0 fully saturated rings. The summed E-state index contributed by atoms with van der Waals surface area (Å²) < 4.78 is 5.06. The zero-order valence-electron chi connectivity index (χ0n) is 8.80. The van der Waals surface area contributed by atoms with Crippen LogP contribution in [0.2, 0.25) is 0 Å². The van der Waals surface area contributed by atoms with Crippen LogP contribution >= 0.6 is 0 Å². The van der Waals surface area contributed by atoms with Gasteiger partial charge in [-0.2, -0.15) is 0 Å². The van der Waals surface area contributed by atoms with E-state index in [1.165, 1.54) is 44.9 Å². The molecule has 0 heterocycles. The molecular weight excluding hydrogens is 160 g/mol. The summed E-state index contributed by atoms with van der Waals surface area (Å²) in [5, 5.41) is 0. The van der Waals surface area contributed by atoms with E-state index in [1.807, 2.05) is 0 Å². The summed E-state index contributed by atoms with van der Waals surface area (Å²) in [6, 6.07) is 0. The summed E-state index contributed by atoms with van der Waals surface area (Å²) in [5.41, 5.74) is 0. The van der Waals surface area contributed by atoms with E-state index in [1.54, 1.807) is 7.11 Å². The van der Waals surface area contributed by atoms with Gasteiger partial charge in [0.05, 0.1) is 0 Å². The molecule has 0 aromatic carbocycles. The van der Waals surface area contributed by atoms with E-state index < -0.39 is 0 Å². The Hall–Kier alpha value is -0.300. The first kappa shape index (κ1) is 10.8. The van der Waals surface area contributed by atoms with Gasteiger partial charge in [0.25, 0.3) is 0 Å². The quantitative estimate of drug-likeness (QED) is 0.477. The van der Waals surface area contributed by atoms with Gasteiger partial charge >= 0.3 is 0 Å². The maximum atomic E-state index is 5.06. The van der Waals surface area contributed by atoms with E-state index in [-0.39, 0.29) is 0 Å². The number of rotatable bonds is 4. The Morgan fingerprint density at radius 3 is 3.08 bits per heavy atom. The third kappa shape index (κ3) is 5.09. The highest BCUT2D eigenvalue weighted by Crippen LogP contribution is 2.20. The molecule has 0 saturated heterocycles. The van der Waals surface area contributed by atoms with Crippen molar-refractivity contribution in [1.29, 1.82) is 0 Å². The normalized spacial score (nSPS) is 26.4. The van der Waals surface area contributed by atoms with Gasteiger partial charge < -0.3 is 4.74 Å². The first-order chi connectivity index (χ1) is 6.43. The topological polar surface area (TPSA) is 9.23 Å². The summed E-state index contributed by atoms with van der Waals surface area (Å²) in [6.45, 7) is 0.921. The van der Waals surface area contributed by atoms with Crippen molar-refractivity contribution in [3.8, 4) is 0 Å². The van der Waals surface area contributed by atoms with Gasteiger partial charge in [-0.05, 0) is 38.0 Å². The molecule has 1 rings (SSSR count). The van der Waals surface area contributed by atoms with E-state index in [4.69, 9.17) is 4.74 Å². The van der Waals surface area contributed by atoms with Gasteiger partial charge in [-0.15, -0.1) is 0 Å². The predicted molar refractivity (Wildman–Crippen MR) is 56.8 cm³/mol. The molecule has 1 atom stereocenters. The molecule has 0 aromatic heterocycles. The molecule has 1 aliphatic carbocycles. The van der Waals surface area contributed by atoms with Crippen molar-refractivity contribution in [2.75, 3.05) is 13.7 Å². The van der Waals surface area contributed by atoms with Gasteiger partial charge in [0.2, 0.25) is 0 Å². The number of hydrogen-bond acceptors (Lipinski definition) is 1. The highest BCUT2D eigenvalue weighted by molar-refractivity contribution is 4.89. The fraction of sp³-hybridized carbons (Fsp3) is 0.833. The van der Waals surface area contributed by atoms with Crippen LogP contribution in [0, 0.1) is 5.92 Å². The lowest BCUT2D eigenvalue weighted by molar-refractivity contribution is 0.188. The molecule has 13 heavy (non-hydrogen) atoms. The molecule has 0 saturated carbocycles. The number of methoxy groups -OCH3 is 1. The standard InChI is InChI=1S/C12H22O/c1-13-11-7-10-12-8-5-3-2-4-6-9-12/h5,8,12H,2-4,6-7,9-11H2,1H3/b8-5-. The molecule has 0 N–H and O–H groups in total. The van der Waals surface area contributed by atoms with Crippen LogP contribution in [0.3, 0.4) is 0 Å². The van der Waals surface area contributed by atoms with E-state index in [2.05, 4.69) is 12.2 Å². The predicted octanol–water partition coefficient (Wildman–Crippen LogP) is 3.55. The Morgan fingerprint density at radius 1 is 1.31 bits per heavy atom. The Labute approximate surface area is 82.2 Å². The van der Waals surface area contributed by atoms with Crippen LogP contribution in [0.5, 0.6) is 0 Å². The average molecular weight is 182 g/mol. The van der Waals surface area contributed by atoms with Gasteiger partial charge in [-0.3, -0.25) is 0 Å². The third-order valence-electron chi connectivity index (χ3n) is 2.78. The molecule has 1 aliphatic rings.